The summed E-state index contributed by atoms with van der Waals surface area (Å²) in [5, 5.41) is 0. The summed E-state index contributed by atoms with van der Waals surface area (Å²) in [6, 6.07) is 0. The van der Waals surface area contributed by atoms with E-state index in [1.54, 1.807) is 6.92 Å². The fraction of sp³-hybridized carbons (Fsp3) is 0.923. The zero-order chi connectivity index (χ0) is 13.9. The summed E-state index contributed by atoms with van der Waals surface area (Å²) in [6.45, 7) is 6.49. The van der Waals surface area contributed by atoms with E-state index < -0.39 is 5.54 Å². The van der Waals surface area contributed by atoms with E-state index in [2.05, 4.69) is 11.7 Å². The van der Waals surface area contributed by atoms with Crippen molar-refractivity contribution in [3.05, 3.63) is 0 Å². The number of unbranched alkanes of at least 4 members (excludes halogenated alkanes) is 1. The molecule has 0 aromatic carbocycles. The Labute approximate surface area is 110 Å². The summed E-state index contributed by atoms with van der Waals surface area (Å²) < 4.78 is 15.3. The largest absolute Gasteiger partial charge is 0.468 e. The van der Waals surface area contributed by atoms with E-state index in [9.17, 15) is 4.79 Å². The Morgan fingerprint density at radius 1 is 1.11 bits per heavy atom. The van der Waals surface area contributed by atoms with Gasteiger partial charge in [-0.25, -0.2) is 0 Å². The van der Waals surface area contributed by atoms with Crippen molar-refractivity contribution in [2.75, 3.05) is 33.5 Å². The van der Waals surface area contributed by atoms with Crippen LogP contribution in [0, 0.1) is 0 Å². The van der Waals surface area contributed by atoms with Gasteiger partial charge in [-0.05, 0) is 32.6 Å². The number of rotatable bonds is 11. The van der Waals surface area contributed by atoms with Crippen molar-refractivity contribution in [1.82, 2.24) is 0 Å². The molecule has 0 aliphatic heterocycles. The maximum absolute atomic E-state index is 11.3. The topological polar surface area (TPSA) is 70.8 Å². The Morgan fingerprint density at radius 2 is 1.72 bits per heavy atom. The highest BCUT2D eigenvalue weighted by atomic mass is 16.5. The second-order valence-electron chi connectivity index (χ2n) is 4.59. The molecule has 0 amide bonds. The number of hydrogen-bond donors (Lipinski definition) is 1. The third kappa shape index (κ3) is 8.44. The fourth-order valence-corrected chi connectivity index (χ4v) is 1.50. The Balaban J connectivity index is 3.37. The number of ether oxygens (including phenoxy) is 3. The number of methoxy groups -OCH3 is 1. The molecule has 0 saturated heterocycles. The van der Waals surface area contributed by atoms with E-state index in [4.69, 9.17) is 15.2 Å². The standard InChI is InChI=1S/C13H27NO4/c1-4-8-17-10-11-18-9-6-5-7-13(2,14)12(15)16-3/h4-11,14H2,1-3H3. The van der Waals surface area contributed by atoms with Crippen LogP contribution in [0.4, 0.5) is 0 Å². The lowest BCUT2D eigenvalue weighted by Gasteiger charge is -2.20. The molecular formula is C13H27NO4. The average molecular weight is 261 g/mol. The van der Waals surface area contributed by atoms with E-state index in [1.165, 1.54) is 7.11 Å². The van der Waals surface area contributed by atoms with Crippen LogP contribution in [0.5, 0.6) is 0 Å². The van der Waals surface area contributed by atoms with E-state index in [0.29, 0.717) is 26.2 Å². The molecule has 0 heterocycles. The second kappa shape index (κ2) is 10.3. The molecular weight excluding hydrogens is 234 g/mol. The molecule has 5 nitrogen and oxygen atoms in total. The Hall–Kier alpha value is -0.650. The van der Waals surface area contributed by atoms with Crippen LogP contribution in [-0.2, 0) is 19.0 Å². The lowest BCUT2D eigenvalue weighted by molar-refractivity contribution is -0.146. The van der Waals surface area contributed by atoms with Crippen molar-refractivity contribution in [2.45, 2.75) is 45.1 Å². The molecule has 0 spiro atoms. The molecule has 0 bridgehead atoms. The number of nitrogens with two attached hydrogens (primary N) is 1. The summed E-state index contributed by atoms with van der Waals surface area (Å²) in [7, 11) is 1.35. The predicted octanol–water partition coefficient (Wildman–Crippen LogP) is 1.49. The SMILES string of the molecule is CCCOCCOCCCCC(C)(N)C(=O)OC. The first-order valence-corrected chi connectivity index (χ1v) is 6.57. The van der Waals surface area contributed by atoms with Crippen molar-refractivity contribution in [1.29, 1.82) is 0 Å². The Morgan fingerprint density at radius 3 is 2.28 bits per heavy atom. The molecule has 0 aliphatic carbocycles. The molecule has 108 valence electrons. The van der Waals surface area contributed by atoms with E-state index in [-0.39, 0.29) is 5.97 Å². The smallest absolute Gasteiger partial charge is 0.325 e. The summed E-state index contributed by atoms with van der Waals surface area (Å²) in [5.41, 5.74) is 4.94. The van der Waals surface area contributed by atoms with Gasteiger partial charge >= 0.3 is 5.97 Å². The van der Waals surface area contributed by atoms with E-state index >= 15 is 0 Å². The molecule has 0 saturated carbocycles. The van der Waals surface area contributed by atoms with Crippen LogP contribution in [0.15, 0.2) is 0 Å². The fourth-order valence-electron chi connectivity index (χ4n) is 1.50. The van der Waals surface area contributed by atoms with Gasteiger partial charge in [0.1, 0.15) is 5.54 Å². The number of esters is 1. The molecule has 2 N–H and O–H groups in total. The summed E-state index contributed by atoms with van der Waals surface area (Å²) in [5.74, 6) is -0.364. The minimum absolute atomic E-state index is 0.364. The van der Waals surface area contributed by atoms with Gasteiger partial charge in [0.25, 0.3) is 0 Å². The molecule has 0 aromatic rings. The van der Waals surface area contributed by atoms with Crippen LogP contribution in [0.3, 0.4) is 0 Å². The second-order valence-corrected chi connectivity index (χ2v) is 4.59. The third-order valence-corrected chi connectivity index (χ3v) is 2.61. The van der Waals surface area contributed by atoms with Crippen molar-refractivity contribution >= 4 is 5.97 Å². The van der Waals surface area contributed by atoms with Gasteiger partial charge < -0.3 is 19.9 Å². The maximum Gasteiger partial charge on any atom is 0.325 e. The monoisotopic (exact) mass is 261 g/mol. The van der Waals surface area contributed by atoms with Crippen LogP contribution < -0.4 is 5.73 Å². The highest BCUT2D eigenvalue weighted by molar-refractivity contribution is 5.79. The molecule has 0 fully saturated rings. The Kier molecular flexibility index (Phi) is 9.92. The van der Waals surface area contributed by atoms with Gasteiger partial charge in [0.2, 0.25) is 0 Å². The van der Waals surface area contributed by atoms with Gasteiger partial charge in [0.15, 0.2) is 0 Å². The Bertz CT molecular complexity index is 219. The van der Waals surface area contributed by atoms with Crippen LogP contribution in [0.1, 0.15) is 39.5 Å². The van der Waals surface area contributed by atoms with E-state index in [0.717, 1.165) is 25.9 Å². The minimum atomic E-state index is -0.890. The normalized spacial score (nSPS) is 14.2. The first-order valence-electron chi connectivity index (χ1n) is 6.57. The molecule has 0 aliphatic rings. The van der Waals surface area contributed by atoms with Crippen molar-refractivity contribution in [2.24, 2.45) is 5.73 Å². The number of carbonyl (C=O) groups excluding carboxylic acids is 1. The van der Waals surface area contributed by atoms with Crippen molar-refractivity contribution in [3.63, 3.8) is 0 Å². The average Bonchev–Trinajstić information content (AvgIpc) is 2.35. The summed E-state index contributed by atoms with van der Waals surface area (Å²) in [4.78, 5) is 11.3. The van der Waals surface area contributed by atoms with E-state index in [1.807, 2.05) is 0 Å². The first-order chi connectivity index (χ1) is 8.54. The van der Waals surface area contributed by atoms with Gasteiger partial charge in [-0.15, -0.1) is 0 Å². The number of hydrogen-bond acceptors (Lipinski definition) is 5. The van der Waals surface area contributed by atoms with Crippen LogP contribution in [0.25, 0.3) is 0 Å². The molecule has 18 heavy (non-hydrogen) atoms. The molecule has 1 atom stereocenters. The van der Waals surface area contributed by atoms with Crippen LogP contribution >= 0.6 is 0 Å². The van der Waals surface area contributed by atoms with Crippen molar-refractivity contribution in [3.8, 4) is 0 Å². The van der Waals surface area contributed by atoms with Crippen LogP contribution in [0.2, 0.25) is 0 Å². The molecule has 5 heteroatoms. The molecule has 0 radical (unpaired) electrons. The summed E-state index contributed by atoms with van der Waals surface area (Å²) >= 11 is 0. The zero-order valence-corrected chi connectivity index (χ0v) is 11.9. The molecule has 0 aromatic heterocycles. The highest BCUT2D eigenvalue weighted by Gasteiger charge is 2.28. The van der Waals surface area contributed by atoms with Gasteiger partial charge in [0, 0.05) is 13.2 Å². The van der Waals surface area contributed by atoms with Gasteiger partial charge in [-0.1, -0.05) is 6.92 Å². The summed E-state index contributed by atoms with van der Waals surface area (Å²) in [6.07, 6.45) is 3.37. The van der Waals surface area contributed by atoms with Crippen LogP contribution in [-0.4, -0.2) is 45.0 Å². The predicted molar refractivity (Wildman–Crippen MR) is 70.4 cm³/mol. The van der Waals surface area contributed by atoms with Gasteiger partial charge in [-0.3, -0.25) is 4.79 Å². The quantitative estimate of drug-likeness (QED) is 0.451. The third-order valence-electron chi connectivity index (χ3n) is 2.61. The first kappa shape index (κ1) is 17.4. The van der Waals surface area contributed by atoms with Gasteiger partial charge in [0.05, 0.1) is 20.3 Å². The maximum atomic E-state index is 11.3. The lowest BCUT2D eigenvalue weighted by Crippen LogP contribution is -2.45. The molecule has 0 rings (SSSR count). The lowest BCUT2D eigenvalue weighted by atomic mass is 9.96. The van der Waals surface area contributed by atoms with Crippen molar-refractivity contribution < 1.29 is 19.0 Å². The zero-order valence-electron chi connectivity index (χ0n) is 11.9. The number of carbonyl (C=O) groups is 1. The minimum Gasteiger partial charge on any atom is -0.468 e. The van der Waals surface area contributed by atoms with Gasteiger partial charge in [-0.2, -0.15) is 0 Å². The molecule has 1 unspecified atom stereocenters. The highest BCUT2D eigenvalue weighted by Crippen LogP contribution is 2.12.